The Hall–Kier alpha value is -2.14. The molecule has 0 atom stereocenters. The van der Waals surface area contributed by atoms with Crippen molar-refractivity contribution >= 4 is 16.6 Å². The smallest absolute Gasteiger partial charge is 0.308 e. The third-order valence-electron chi connectivity index (χ3n) is 4.06. The molecule has 22 heavy (non-hydrogen) atoms. The maximum absolute atomic E-state index is 12.8. The largest absolute Gasteiger partial charge is 0.350 e. The second kappa shape index (κ2) is 5.25. The van der Waals surface area contributed by atoms with Gasteiger partial charge in [-0.25, -0.2) is 13.9 Å². The number of fused-ring (bicyclic) bond motifs is 3. The predicted octanol–water partition coefficient (Wildman–Crippen LogP) is 2.14. The van der Waals surface area contributed by atoms with Crippen LogP contribution in [0.4, 0.5) is 0 Å². The molecule has 2 heterocycles. The number of hydrogen-bond donors (Lipinski definition) is 0. The van der Waals surface area contributed by atoms with Crippen molar-refractivity contribution in [3.8, 4) is 0 Å². The van der Waals surface area contributed by atoms with Gasteiger partial charge in [0, 0.05) is 11.9 Å². The van der Waals surface area contributed by atoms with Gasteiger partial charge in [0.1, 0.15) is 0 Å². The Labute approximate surface area is 129 Å². The van der Waals surface area contributed by atoms with Crippen LogP contribution in [0.5, 0.6) is 0 Å². The van der Waals surface area contributed by atoms with Gasteiger partial charge in [0.05, 0.1) is 12.1 Å². The van der Waals surface area contributed by atoms with Gasteiger partial charge in [-0.15, -0.1) is 5.10 Å². The summed E-state index contributed by atoms with van der Waals surface area (Å²) in [5, 5.41) is 5.65. The van der Waals surface area contributed by atoms with E-state index in [9.17, 15) is 4.79 Å². The summed E-state index contributed by atoms with van der Waals surface area (Å²) in [4.78, 5) is 14.8. The number of aromatic nitrogens is 3. The summed E-state index contributed by atoms with van der Waals surface area (Å²) in [7, 11) is 3.99. The molecule has 1 aromatic carbocycles. The fourth-order valence-electron chi connectivity index (χ4n) is 2.93. The predicted molar refractivity (Wildman–Crippen MR) is 89.7 cm³/mol. The summed E-state index contributed by atoms with van der Waals surface area (Å²) >= 11 is 0. The second-order valence-electron chi connectivity index (χ2n) is 6.31. The number of likely N-dealkylation sites (N-methyl/N-ethyl adjacent to an activating group) is 1. The highest BCUT2D eigenvalue weighted by Crippen LogP contribution is 2.23. The van der Waals surface area contributed by atoms with E-state index in [1.807, 2.05) is 21.0 Å². The molecule has 5 nitrogen and oxygen atoms in total. The average Bonchev–Trinajstić information content (AvgIpc) is 2.76. The zero-order valence-corrected chi connectivity index (χ0v) is 13.8. The van der Waals surface area contributed by atoms with Crippen molar-refractivity contribution in [3.63, 3.8) is 0 Å². The first-order chi connectivity index (χ1) is 10.4. The van der Waals surface area contributed by atoms with Gasteiger partial charge in [-0.1, -0.05) is 6.07 Å². The maximum Gasteiger partial charge on any atom is 0.350 e. The Balaban J connectivity index is 2.34. The van der Waals surface area contributed by atoms with Crippen molar-refractivity contribution in [2.45, 2.75) is 27.3 Å². The highest BCUT2D eigenvalue weighted by atomic mass is 16.2. The fourth-order valence-corrected chi connectivity index (χ4v) is 2.93. The van der Waals surface area contributed by atoms with E-state index < -0.39 is 0 Å². The average molecular weight is 298 g/mol. The lowest BCUT2D eigenvalue weighted by Gasteiger charge is -2.08. The Morgan fingerprint density at radius 3 is 2.50 bits per heavy atom. The summed E-state index contributed by atoms with van der Waals surface area (Å²) in [5.74, 6) is 0. The molecule has 0 spiro atoms. The van der Waals surface area contributed by atoms with Crippen LogP contribution in [-0.2, 0) is 6.54 Å². The van der Waals surface area contributed by atoms with E-state index in [0.29, 0.717) is 6.54 Å². The van der Waals surface area contributed by atoms with Gasteiger partial charge < -0.3 is 4.90 Å². The van der Waals surface area contributed by atoms with Crippen LogP contribution >= 0.6 is 0 Å². The Bertz CT molecular complexity index is 918. The van der Waals surface area contributed by atoms with Gasteiger partial charge in [-0.2, -0.15) is 0 Å². The van der Waals surface area contributed by atoms with Crippen LogP contribution < -0.4 is 5.69 Å². The first kappa shape index (κ1) is 14.8. The van der Waals surface area contributed by atoms with Gasteiger partial charge in [-0.3, -0.25) is 0 Å². The standard InChI is InChI=1S/C17H22N4O/c1-11-8-12(2)14-10-13(3)16-18-20(7-6-19(4)5)17(22)21(16)15(14)9-11/h8-10H,6-7H2,1-5H3. The van der Waals surface area contributed by atoms with E-state index >= 15 is 0 Å². The topological polar surface area (TPSA) is 42.5 Å². The minimum absolute atomic E-state index is 0.0597. The zero-order valence-electron chi connectivity index (χ0n) is 13.8. The quantitative estimate of drug-likeness (QED) is 0.744. The molecular weight excluding hydrogens is 276 g/mol. The molecule has 0 aliphatic rings. The van der Waals surface area contributed by atoms with E-state index in [1.54, 1.807) is 9.08 Å². The molecule has 0 saturated carbocycles. The number of rotatable bonds is 3. The number of aryl methyl sites for hydroxylation is 3. The van der Waals surface area contributed by atoms with Gasteiger partial charge in [0.15, 0.2) is 5.65 Å². The molecule has 0 aliphatic carbocycles. The van der Waals surface area contributed by atoms with Crippen molar-refractivity contribution in [1.29, 1.82) is 0 Å². The number of pyridine rings is 1. The molecule has 5 heteroatoms. The van der Waals surface area contributed by atoms with Crippen LogP contribution in [0.25, 0.3) is 16.6 Å². The molecule has 3 rings (SSSR count). The Morgan fingerprint density at radius 1 is 1.09 bits per heavy atom. The third-order valence-corrected chi connectivity index (χ3v) is 4.06. The van der Waals surface area contributed by atoms with Crippen molar-refractivity contribution in [2.24, 2.45) is 0 Å². The van der Waals surface area contributed by atoms with E-state index in [2.05, 4.69) is 42.0 Å². The molecule has 0 radical (unpaired) electrons. The number of benzene rings is 1. The summed E-state index contributed by atoms with van der Waals surface area (Å²) in [6.07, 6.45) is 0. The van der Waals surface area contributed by atoms with E-state index in [-0.39, 0.29) is 5.69 Å². The lowest BCUT2D eigenvalue weighted by molar-refractivity contribution is 0.370. The van der Waals surface area contributed by atoms with Gasteiger partial charge in [0.2, 0.25) is 0 Å². The molecule has 0 fully saturated rings. The third kappa shape index (κ3) is 2.31. The SMILES string of the molecule is Cc1cc(C)c2cc(C)c3nn(CCN(C)C)c(=O)n3c2c1. The fraction of sp³-hybridized carbons (Fsp3) is 0.412. The monoisotopic (exact) mass is 298 g/mol. The van der Waals surface area contributed by atoms with Crippen LogP contribution in [-0.4, -0.2) is 39.7 Å². The molecule has 0 saturated heterocycles. The summed E-state index contributed by atoms with van der Waals surface area (Å²) in [6, 6.07) is 6.34. The lowest BCUT2D eigenvalue weighted by Crippen LogP contribution is -2.27. The van der Waals surface area contributed by atoms with E-state index in [1.165, 1.54) is 5.56 Å². The Morgan fingerprint density at radius 2 is 1.82 bits per heavy atom. The molecule has 2 aromatic heterocycles. The van der Waals surface area contributed by atoms with Crippen molar-refractivity contribution in [1.82, 2.24) is 19.1 Å². The zero-order chi connectivity index (χ0) is 16.0. The summed E-state index contributed by atoms with van der Waals surface area (Å²) in [6.45, 7) is 7.54. The van der Waals surface area contributed by atoms with Crippen LogP contribution in [0.2, 0.25) is 0 Å². The lowest BCUT2D eigenvalue weighted by atomic mass is 10.0. The molecule has 0 bridgehead atoms. The molecule has 3 aromatic rings. The van der Waals surface area contributed by atoms with Gasteiger partial charge in [0.25, 0.3) is 0 Å². The van der Waals surface area contributed by atoms with E-state index in [0.717, 1.165) is 34.2 Å². The van der Waals surface area contributed by atoms with Gasteiger partial charge in [-0.05, 0) is 63.7 Å². The number of hydrogen-bond acceptors (Lipinski definition) is 3. The van der Waals surface area contributed by atoms with Crippen LogP contribution in [0.1, 0.15) is 16.7 Å². The van der Waals surface area contributed by atoms with Crippen LogP contribution in [0, 0.1) is 20.8 Å². The first-order valence-electron chi connectivity index (χ1n) is 7.53. The van der Waals surface area contributed by atoms with Gasteiger partial charge >= 0.3 is 5.69 Å². The first-order valence-corrected chi connectivity index (χ1v) is 7.53. The van der Waals surface area contributed by atoms with E-state index in [4.69, 9.17) is 0 Å². The summed E-state index contributed by atoms with van der Waals surface area (Å²) in [5.41, 5.74) is 5.01. The molecule has 0 N–H and O–H groups in total. The molecule has 0 amide bonds. The van der Waals surface area contributed by atoms with Crippen molar-refractivity contribution < 1.29 is 0 Å². The van der Waals surface area contributed by atoms with Crippen molar-refractivity contribution in [2.75, 3.05) is 20.6 Å². The minimum atomic E-state index is -0.0597. The highest BCUT2D eigenvalue weighted by molar-refractivity contribution is 5.86. The normalized spacial score (nSPS) is 11.9. The molecule has 0 aliphatic heterocycles. The Kier molecular flexibility index (Phi) is 3.53. The van der Waals surface area contributed by atoms with Crippen LogP contribution in [0.15, 0.2) is 23.0 Å². The summed E-state index contributed by atoms with van der Waals surface area (Å²) < 4.78 is 3.32. The highest BCUT2D eigenvalue weighted by Gasteiger charge is 2.14. The molecule has 0 unspecified atom stereocenters. The molecule has 116 valence electrons. The van der Waals surface area contributed by atoms with Crippen LogP contribution in [0.3, 0.4) is 0 Å². The minimum Gasteiger partial charge on any atom is -0.308 e. The second-order valence-corrected chi connectivity index (χ2v) is 6.31. The van der Waals surface area contributed by atoms with Crippen molar-refractivity contribution in [3.05, 3.63) is 45.4 Å². The molecular formula is C17H22N4O. The number of nitrogens with zero attached hydrogens (tertiary/aromatic N) is 4. The maximum atomic E-state index is 12.8.